The Labute approximate surface area is 183 Å². The van der Waals surface area contributed by atoms with Crippen LogP contribution in [0.25, 0.3) is 10.9 Å². The van der Waals surface area contributed by atoms with Crippen molar-refractivity contribution in [2.45, 2.75) is 76.8 Å². The first-order chi connectivity index (χ1) is 14.6. The van der Waals surface area contributed by atoms with E-state index in [0.717, 1.165) is 38.3 Å². The molecule has 1 aliphatic heterocycles. The van der Waals surface area contributed by atoms with Crippen LogP contribution in [-0.2, 0) is 22.6 Å². The number of aryl methyl sites for hydroxylation is 1. The fourth-order valence-corrected chi connectivity index (χ4v) is 6.71. The highest BCUT2D eigenvalue weighted by Crippen LogP contribution is 2.44. The molecule has 3 aliphatic rings. The summed E-state index contributed by atoms with van der Waals surface area (Å²) in [5.41, 5.74) is 5.78. The number of benzene rings is 1. The Morgan fingerprint density at radius 1 is 1.03 bits per heavy atom. The Bertz CT molecular complexity index is 973. The number of aromatic nitrogens is 1. The molecule has 2 aromatic rings. The average Bonchev–Trinajstić information content (AvgIpc) is 3.09. The number of ketones is 1. The molecule has 0 radical (unpaired) electrons. The molecule has 0 N–H and O–H groups in total. The second-order valence-electron chi connectivity index (χ2n) is 9.32. The maximum Gasteiger partial charge on any atom is 0.233 e. The molecule has 4 nitrogen and oxygen atoms in total. The largest absolute Gasteiger partial charge is 0.341 e. The predicted molar refractivity (Wildman–Crippen MR) is 123 cm³/mol. The first-order valence-corrected chi connectivity index (χ1v) is 12.8. The number of carbonyl (C=O) groups is 2. The Morgan fingerprint density at radius 2 is 1.87 bits per heavy atom. The summed E-state index contributed by atoms with van der Waals surface area (Å²) in [5, 5.41) is 1.44. The van der Waals surface area contributed by atoms with E-state index in [1.165, 1.54) is 71.6 Å². The van der Waals surface area contributed by atoms with Crippen LogP contribution in [0.5, 0.6) is 0 Å². The number of thioether (sulfide) groups is 1. The highest BCUT2D eigenvalue weighted by atomic mass is 32.2. The van der Waals surface area contributed by atoms with Gasteiger partial charge in [-0.25, -0.2) is 0 Å². The molecule has 0 spiro atoms. The number of carbonyl (C=O) groups excluding carboxylic acids is 2. The molecule has 1 fully saturated rings. The van der Waals surface area contributed by atoms with Gasteiger partial charge in [0.05, 0.1) is 17.5 Å². The van der Waals surface area contributed by atoms with E-state index in [1.807, 2.05) is 0 Å². The molecule has 1 aromatic heterocycles. The SMILES string of the molecule is CC(=O)CSCC(=O)N1CCn2c3c(c4cc(C5CCCCC5)ccc42)CCCC31. The molecule has 0 saturated heterocycles. The van der Waals surface area contributed by atoms with Gasteiger partial charge in [-0.15, -0.1) is 11.8 Å². The van der Waals surface area contributed by atoms with E-state index in [-0.39, 0.29) is 17.7 Å². The number of nitrogens with zero attached hydrogens (tertiary/aromatic N) is 2. The van der Waals surface area contributed by atoms with Crippen LogP contribution in [0.2, 0.25) is 0 Å². The van der Waals surface area contributed by atoms with Crippen molar-refractivity contribution in [1.29, 1.82) is 0 Å². The van der Waals surface area contributed by atoms with Crippen molar-refractivity contribution in [3.8, 4) is 0 Å². The van der Waals surface area contributed by atoms with E-state index in [2.05, 4.69) is 27.7 Å². The van der Waals surface area contributed by atoms with Crippen molar-refractivity contribution in [3.05, 3.63) is 35.0 Å². The van der Waals surface area contributed by atoms with Crippen molar-refractivity contribution in [2.75, 3.05) is 18.1 Å². The van der Waals surface area contributed by atoms with E-state index in [0.29, 0.717) is 11.5 Å². The molecule has 2 aliphatic carbocycles. The number of fused-ring (bicyclic) bond motifs is 3. The van der Waals surface area contributed by atoms with Gasteiger partial charge in [-0.1, -0.05) is 25.3 Å². The first-order valence-electron chi connectivity index (χ1n) is 11.6. The van der Waals surface area contributed by atoms with Gasteiger partial charge < -0.3 is 9.47 Å². The molecule has 160 valence electrons. The van der Waals surface area contributed by atoms with Gasteiger partial charge in [0.15, 0.2) is 0 Å². The van der Waals surface area contributed by atoms with Crippen molar-refractivity contribution in [2.24, 2.45) is 0 Å². The van der Waals surface area contributed by atoms with Crippen molar-refractivity contribution in [1.82, 2.24) is 9.47 Å². The quantitative estimate of drug-likeness (QED) is 0.660. The zero-order valence-electron chi connectivity index (χ0n) is 18.0. The van der Waals surface area contributed by atoms with Crippen molar-refractivity contribution >= 4 is 34.4 Å². The molecular weight excluding hydrogens is 392 g/mol. The normalized spacial score (nSPS) is 21.6. The average molecular weight is 425 g/mol. The van der Waals surface area contributed by atoms with Crippen LogP contribution < -0.4 is 0 Å². The number of hydrogen-bond acceptors (Lipinski definition) is 3. The Morgan fingerprint density at radius 3 is 2.67 bits per heavy atom. The minimum atomic E-state index is 0.139. The fourth-order valence-electron chi connectivity index (χ4n) is 5.98. The lowest BCUT2D eigenvalue weighted by Gasteiger charge is -2.40. The number of Topliss-reactive ketones (excluding diaryl/α,β-unsaturated/α-hetero) is 1. The summed E-state index contributed by atoms with van der Waals surface area (Å²) in [4.78, 5) is 26.3. The van der Waals surface area contributed by atoms with E-state index in [9.17, 15) is 9.59 Å². The number of amides is 1. The van der Waals surface area contributed by atoms with Gasteiger partial charge in [0, 0.05) is 29.7 Å². The molecule has 30 heavy (non-hydrogen) atoms. The lowest BCUT2D eigenvalue weighted by Crippen LogP contribution is -2.44. The van der Waals surface area contributed by atoms with Gasteiger partial charge in [0.1, 0.15) is 5.78 Å². The predicted octanol–water partition coefficient (Wildman–Crippen LogP) is 5.23. The fraction of sp³-hybridized carbons (Fsp3) is 0.600. The summed E-state index contributed by atoms with van der Waals surface area (Å²) < 4.78 is 2.51. The van der Waals surface area contributed by atoms with Crippen LogP contribution in [0.4, 0.5) is 0 Å². The number of rotatable bonds is 5. The second-order valence-corrected chi connectivity index (χ2v) is 10.3. The van der Waals surface area contributed by atoms with Crippen LogP contribution in [-0.4, -0.2) is 39.2 Å². The highest BCUT2D eigenvalue weighted by Gasteiger charge is 2.37. The summed E-state index contributed by atoms with van der Waals surface area (Å²) in [6, 6.07) is 7.43. The van der Waals surface area contributed by atoms with E-state index < -0.39 is 0 Å². The van der Waals surface area contributed by atoms with Crippen LogP contribution in [0.15, 0.2) is 18.2 Å². The van der Waals surface area contributed by atoms with Gasteiger partial charge >= 0.3 is 0 Å². The number of hydrogen-bond donors (Lipinski definition) is 0. The third kappa shape index (κ3) is 3.59. The summed E-state index contributed by atoms with van der Waals surface area (Å²) in [5.74, 6) is 1.90. The maximum atomic E-state index is 13.0. The Hall–Kier alpha value is -1.75. The minimum Gasteiger partial charge on any atom is -0.341 e. The molecule has 1 aromatic carbocycles. The maximum absolute atomic E-state index is 13.0. The van der Waals surface area contributed by atoms with Crippen molar-refractivity contribution in [3.63, 3.8) is 0 Å². The van der Waals surface area contributed by atoms with E-state index in [1.54, 1.807) is 6.92 Å². The summed E-state index contributed by atoms with van der Waals surface area (Å²) in [6.07, 6.45) is 10.1. The summed E-state index contributed by atoms with van der Waals surface area (Å²) in [6.45, 7) is 3.25. The van der Waals surface area contributed by atoms with Gasteiger partial charge in [0.2, 0.25) is 5.91 Å². The van der Waals surface area contributed by atoms with E-state index in [4.69, 9.17) is 0 Å². The summed E-state index contributed by atoms with van der Waals surface area (Å²) in [7, 11) is 0. The zero-order valence-corrected chi connectivity index (χ0v) is 18.8. The molecule has 1 saturated carbocycles. The zero-order chi connectivity index (χ0) is 20.7. The molecule has 1 atom stereocenters. The molecular formula is C25H32N2O2S. The third-order valence-corrected chi connectivity index (χ3v) is 8.39. The standard InChI is InChI=1S/C25H32N2O2S/c1-17(28)15-30-16-24(29)26-12-13-27-22-11-10-19(18-6-3-2-4-7-18)14-21(22)20-8-5-9-23(26)25(20)27/h10-11,14,18,23H,2-9,12-13,15-16H2,1H3. The monoisotopic (exact) mass is 424 g/mol. The lowest BCUT2D eigenvalue weighted by atomic mass is 9.83. The van der Waals surface area contributed by atoms with Crippen LogP contribution in [0.3, 0.4) is 0 Å². The van der Waals surface area contributed by atoms with Gasteiger partial charge in [0.25, 0.3) is 0 Å². The Kier molecular flexibility index (Phi) is 5.65. The minimum absolute atomic E-state index is 0.139. The smallest absolute Gasteiger partial charge is 0.233 e. The molecule has 5 heteroatoms. The van der Waals surface area contributed by atoms with Gasteiger partial charge in [-0.3, -0.25) is 9.59 Å². The third-order valence-electron chi connectivity index (χ3n) is 7.32. The second kappa shape index (κ2) is 8.41. The van der Waals surface area contributed by atoms with Gasteiger partial charge in [-0.05, 0) is 68.2 Å². The summed E-state index contributed by atoms with van der Waals surface area (Å²) >= 11 is 1.45. The molecule has 1 unspecified atom stereocenters. The van der Waals surface area contributed by atoms with Crippen LogP contribution >= 0.6 is 11.8 Å². The van der Waals surface area contributed by atoms with Crippen molar-refractivity contribution < 1.29 is 9.59 Å². The topological polar surface area (TPSA) is 42.3 Å². The molecule has 1 amide bonds. The highest BCUT2D eigenvalue weighted by molar-refractivity contribution is 8.00. The first kappa shape index (κ1) is 20.2. The molecule has 0 bridgehead atoms. The molecule has 2 heterocycles. The van der Waals surface area contributed by atoms with E-state index >= 15 is 0 Å². The van der Waals surface area contributed by atoms with Gasteiger partial charge in [-0.2, -0.15) is 0 Å². The van der Waals surface area contributed by atoms with Crippen LogP contribution in [0, 0.1) is 0 Å². The molecule has 5 rings (SSSR count). The lowest BCUT2D eigenvalue weighted by molar-refractivity contribution is -0.132. The van der Waals surface area contributed by atoms with Crippen LogP contribution in [0.1, 0.15) is 80.7 Å². The Balaban J connectivity index is 1.46.